The van der Waals surface area contributed by atoms with Gasteiger partial charge in [-0.3, -0.25) is 19.8 Å². The first-order chi connectivity index (χ1) is 17.7. The number of urea groups is 1. The van der Waals surface area contributed by atoms with E-state index in [1.165, 1.54) is 35.2 Å². The Hall–Kier alpha value is -4.15. The Bertz CT molecular complexity index is 1270. The van der Waals surface area contributed by atoms with Crippen LogP contribution < -0.4 is 15.5 Å². The van der Waals surface area contributed by atoms with Crippen LogP contribution in [0.25, 0.3) is 0 Å². The number of nitrogens with one attached hydrogen (secondary N) is 2. The molecular weight excluding hydrogens is 485 g/mol. The van der Waals surface area contributed by atoms with Crippen molar-refractivity contribution in [1.29, 1.82) is 5.26 Å². The van der Waals surface area contributed by atoms with E-state index in [-0.39, 0.29) is 47.8 Å². The number of halogens is 1. The highest BCUT2D eigenvalue weighted by atomic mass is 19.1. The standard InChI is InChI=1S/C24H26FN7O5/c1-31(21(35)13-34)11-14-5-17-22(29-19(14)12-33)32(16-7-24(17,25)8-16)23(36)30-20-6-18(27-3-4-37-2)15(9-26)10-28-20/h5-6,10,12,16,34H,3-4,7-8,11,13H2,1-2H3,(H2,27,28,30,36). The van der Waals surface area contributed by atoms with E-state index in [9.17, 15) is 19.6 Å². The van der Waals surface area contributed by atoms with Gasteiger partial charge in [0.25, 0.3) is 0 Å². The minimum absolute atomic E-state index is 0.0246. The maximum atomic E-state index is 15.6. The molecule has 2 bridgehead atoms. The van der Waals surface area contributed by atoms with Crippen molar-refractivity contribution in [3.63, 3.8) is 0 Å². The molecule has 1 aliphatic carbocycles. The van der Waals surface area contributed by atoms with Crippen molar-refractivity contribution in [2.24, 2.45) is 0 Å². The summed E-state index contributed by atoms with van der Waals surface area (Å²) in [6.45, 7) is 0.0692. The Morgan fingerprint density at radius 2 is 2.19 bits per heavy atom. The van der Waals surface area contributed by atoms with Gasteiger partial charge in [-0.2, -0.15) is 5.26 Å². The first-order valence-corrected chi connectivity index (χ1v) is 11.5. The van der Waals surface area contributed by atoms with Gasteiger partial charge in [-0.1, -0.05) is 0 Å². The fourth-order valence-corrected chi connectivity index (χ4v) is 4.51. The van der Waals surface area contributed by atoms with E-state index >= 15 is 4.39 Å². The number of alkyl halides is 1. The third-order valence-corrected chi connectivity index (χ3v) is 6.49. The van der Waals surface area contributed by atoms with Gasteiger partial charge in [0.05, 0.1) is 17.9 Å². The largest absolute Gasteiger partial charge is 0.387 e. The fourth-order valence-electron chi connectivity index (χ4n) is 4.51. The lowest BCUT2D eigenvalue weighted by Gasteiger charge is -2.52. The van der Waals surface area contributed by atoms with Gasteiger partial charge in [0.15, 0.2) is 6.29 Å². The highest BCUT2D eigenvalue weighted by molar-refractivity contribution is 6.03. The summed E-state index contributed by atoms with van der Waals surface area (Å²) < 4.78 is 20.6. The Kier molecular flexibility index (Phi) is 7.33. The molecule has 2 aromatic heterocycles. The number of amides is 3. The van der Waals surface area contributed by atoms with Gasteiger partial charge in [0.1, 0.15) is 35.7 Å². The van der Waals surface area contributed by atoms with Crippen LogP contribution in [0.15, 0.2) is 18.3 Å². The van der Waals surface area contributed by atoms with Crippen LogP contribution in [0.2, 0.25) is 0 Å². The number of anilines is 3. The molecular formula is C24H26FN7O5. The summed E-state index contributed by atoms with van der Waals surface area (Å²) in [5, 5.41) is 24.1. The topological polar surface area (TPSA) is 161 Å². The minimum Gasteiger partial charge on any atom is -0.387 e. The number of carbonyl (C=O) groups is 3. The van der Waals surface area contributed by atoms with E-state index in [4.69, 9.17) is 9.84 Å². The van der Waals surface area contributed by atoms with Gasteiger partial charge >= 0.3 is 6.03 Å². The molecule has 2 aliphatic heterocycles. The lowest BCUT2D eigenvalue weighted by molar-refractivity contribution is -0.133. The fraction of sp³-hybridized carbons (Fsp3) is 0.417. The predicted octanol–water partition coefficient (Wildman–Crippen LogP) is 1.55. The summed E-state index contributed by atoms with van der Waals surface area (Å²) in [7, 11) is 2.99. The Morgan fingerprint density at radius 1 is 1.43 bits per heavy atom. The first-order valence-electron chi connectivity index (χ1n) is 11.5. The number of methoxy groups -OCH3 is 1. The summed E-state index contributed by atoms with van der Waals surface area (Å²) >= 11 is 0. The smallest absolute Gasteiger partial charge is 0.328 e. The molecule has 0 aromatic carbocycles. The second kappa shape index (κ2) is 10.5. The SMILES string of the molecule is COCCNc1cc(NC(=O)N2c3nc(C=O)c(CN(C)C(=O)CO)cc3C3(F)CC2C3)ncc1C#N. The predicted molar refractivity (Wildman–Crippen MR) is 130 cm³/mol. The second-order valence-corrected chi connectivity index (χ2v) is 8.90. The Morgan fingerprint density at radius 3 is 2.84 bits per heavy atom. The quantitative estimate of drug-likeness (QED) is 0.335. The van der Waals surface area contributed by atoms with Gasteiger partial charge < -0.3 is 20.1 Å². The minimum atomic E-state index is -1.70. The van der Waals surface area contributed by atoms with E-state index in [0.717, 1.165) is 0 Å². The zero-order valence-corrected chi connectivity index (χ0v) is 20.3. The molecule has 0 radical (unpaired) electrons. The number of carbonyl (C=O) groups excluding carboxylic acids is 3. The van der Waals surface area contributed by atoms with Crippen molar-refractivity contribution in [2.45, 2.75) is 31.1 Å². The number of aromatic nitrogens is 2. The molecule has 194 valence electrons. The average Bonchev–Trinajstić information content (AvgIpc) is 2.87. The molecule has 1 fully saturated rings. The van der Waals surface area contributed by atoms with Gasteiger partial charge in [-0.05, 0) is 6.07 Å². The number of nitrogens with zero attached hydrogens (tertiary/aromatic N) is 5. The number of aliphatic hydroxyl groups excluding tert-OH is 1. The summed E-state index contributed by atoms with van der Waals surface area (Å²) in [5.74, 6) is -0.380. The van der Waals surface area contributed by atoms with E-state index in [2.05, 4.69) is 20.6 Å². The third-order valence-electron chi connectivity index (χ3n) is 6.49. The summed E-state index contributed by atoms with van der Waals surface area (Å²) in [5.41, 5.74) is -0.535. The van der Waals surface area contributed by atoms with E-state index in [1.807, 2.05) is 6.07 Å². The monoisotopic (exact) mass is 511 g/mol. The molecule has 37 heavy (non-hydrogen) atoms. The normalized spacial score (nSPS) is 19.2. The number of aliphatic hydroxyl groups is 1. The highest BCUT2D eigenvalue weighted by Crippen LogP contribution is 2.55. The molecule has 1 saturated carbocycles. The summed E-state index contributed by atoms with van der Waals surface area (Å²) in [6, 6.07) is 3.92. The third kappa shape index (κ3) is 4.93. The van der Waals surface area contributed by atoms with Crippen molar-refractivity contribution in [3.05, 3.63) is 40.7 Å². The van der Waals surface area contributed by atoms with Crippen molar-refractivity contribution in [2.75, 3.05) is 49.4 Å². The highest BCUT2D eigenvalue weighted by Gasteiger charge is 2.57. The number of hydrogen-bond acceptors (Lipinski definition) is 9. The molecule has 0 spiro atoms. The first kappa shape index (κ1) is 25.9. The van der Waals surface area contributed by atoms with Gasteiger partial charge in [0, 0.05) is 69.5 Å². The molecule has 3 N–H and O–H groups in total. The van der Waals surface area contributed by atoms with Crippen LogP contribution in [0.4, 0.5) is 26.5 Å². The molecule has 2 aromatic rings. The molecule has 3 amide bonds. The van der Waals surface area contributed by atoms with Crippen molar-refractivity contribution in [1.82, 2.24) is 14.9 Å². The maximum absolute atomic E-state index is 15.6. The van der Waals surface area contributed by atoms with Crippen LogP contribution in [0.3, 0.4) is 0 Å². The molecule has 5 rings (SSSR count). The molecule has 13 heteroatoms. The molecule has 4 heterocycles. The van der Waals surface area contributed by atoms with E-state index in [0.29, 0.717) is 30.7 Å². The number of rotatable bonds is 9. The number of pyridine rings is 2. The number of ether oxygens (including phenoxy) is 1. The van der Waals surface area contributed by atoms with Gasteiger partial charge in [0.2, 0.25) is 5.91 Å². The van der Waals surface area contributed by atoms with Crippen LogP contribution >= 0.6 is 0 Å². The van der Waals surface area contributed by atoms with Crippen LogP contribution in [-0.4, -0.2) is 78.2 Å². The summed E-state index contributed by atoms with van der Waals surface area (Å²) in [4.78, 5) is 47.9. The zero-order chi connectivity index (χ0) is 26.7. The number of nitriles is 1. The van der Waals surface area contributed by atoms with Crippen molar-refractivity contribution < 1.29 is 28.6 Å². The van der Waals surface area contributed by atoms with E-state index in [1.54, 1.807) is 7.11 Å². The van der Waals surface area contributed by atoms with Gasteiger partial charge in [-0.15, -0.1) is 0 Å². The Labute approximate surface area is 212 Å². The lowest BCUT2D eigenvalue weighted by Crippen LogP contribution is -2.60. The van der Waals surface area contributed by atoms with Crippen LogP contribution in [0.5, 0.6) is 0 Å². The molecule has 3 aliphatic rings. The molecule has 0 unspecified atom stereocenters. The molecule has 0 saturated heterocycles. The Balaban J connectivity index is 1.63. The van der Waals surface area contributed by atoms with Gasteiger partial charge in [-0.25, -0.2) is 19.2 Å². The number of likely N-dealkylation sites (N-methyl/N-ethyl adjacent to an activating group) is 1. The van der Waals surface area contributed by atoms with Crippen molar-refractivity contribution in [3.8, 4) is 6.07 Å². The number of hydrogen-bond donors (Lipinski definition) is 3. The van der Waals surface area contributed by atoms with Crippen LogP contribution in [0, 0.1) is 11.3 Å². The van der Waals surface area contributed by atoms with Crippen LogP contribution in [0.1, 0.15) is 40.0 Å². The number of aldehydes is 1. The van der Waals surface area contributed by atoms with Crippen molar-refractivity contribution >= 4 is 35.5 Å². The second-order valence-electron chi connectivity index (χ2n) is 8.90. The lowest BCUT2D eigenvalue weighted by atomic mass is 9.68. The van der Waals surface area contributed by atoms with Crippen LogP contribution in [-0.2, 0) is 21.7 Å². The van der Waals surface area contributed by atoms with E-state index < -0.39 is 30.3 Å². The molecule has 0 atom stereocenters. The average molecular weight is 512 g/mol. The molecule has 12 nitrogen and oxygen atoms in total. The maximum Gasteiger partial charge on any atom is 0.328 e. The zero-order valence-electron chi connectivity index (χ0n) is 20.3. The summed E-state index contributed by atoms with van der Waals surface area (Å²) in [6.07, 6.45) is 1.92.